The van der Waals surface area contributed by atoms with Gasteiger partial charge >= 0.3 is 0 Å². The molecule has 0 spiro atoms. The molecular formula is C10H19O2. The summed E-state index contributed by atoms with van der Waals surface area (Å²) < 4.78 is 4.99. The van der Waals surface area contributed by atoms with E-state index >= 15 is 0 Å². The van der Waals surface area contributed by atoms with Crippen LogP contribution >= 0.6 is 0 Å². The van der Waals surface area contributed by atoms with Gasteiger partial charge in [-0.1, -0.05) is 32.1 Å². The van der Waals surface area contributed by atoms with Crippen LogP contribution in [0.15, 0.2) is 0 Å². The zero-order valence-electron chi connectivity index (χ0n) is 7.92. The molecule has 2 heteroatoms. The molecule has 71 valence electrons. The third-order valence-corrected chi connectivity index (χ3v) is 2.60. The van der Waals surface area contributed by atoms with Crippen LogP contribution in [-0.2, 0) is 9.84 Å². The molecule has 1 aliphatic rings. The second-order valence-corrected chi connectivity index (χ2v) is 3.62. The summed E-state index contributed by atoms with van der Waals surface area (Å²) in [5.41, 5.74) is 0. The predicted octanol–water partition coefficient (Wildman–Crippen LogP) is 2.75. The summed E-state index contributed by atoms with van der Waals surface area (Å²) in [5.74, 6) is 0.646. The third-order valence-electron chi connectivity index (χ3n) is 2.60. The normalized spacial score (nSPS) is 22.5. The maximum Gasteiger partial charge on any atom is 0.191 e. The highest BCUT2D eigenvalue weighted by molar-refractivity contribution is 4.66. The Morgan fingerprint density at radius 2 is 2.00 bits per heavy atom. The van der Waals surface area contributed by atoms with E-state index in [1.807, 2.05) is 6.92 Å². The van der Waals surface area contributed by atoms with Crippen molar-refractivity contribution in [2.24, 2.45) is 5.92 Å². The molecule has 1 radical (unpaired) electrons. The Kier molecular flexibility index (Phi) is 4.62. The van der Waals surface area contributed by atoms with Crippen LogP contribution in [0.4, 0.5) is 0 Å². The molecule has 2 nitrogen and oxygen atoms in total. The minimum absolute atomic E-state index is 0.556. The van der Waals surface area contributed by atoms with Gasteiger partial charge in [0.2, 0.25) is 0 Å². The Hall–Kier alpha value is -0.0800. The molecule has 0 bridgehead atoms. The van der Waals surface area contributed by atoms with Crippen molar-refractivity contribution in [3.05, 3.63) is 0 Å². The first-order valence-corrected chi connectivity index (χ1v) is 5.10. The van der Waals surface area contributed by atoms with E-state index in [2.05, 4.69) is 0 Å². The Morgan fingerprint density at radius 1 is 1.33 bits per heavy atom. The minimum atomic E-state index is -0.766. The molecule has 1 rings (SSSR count). The van der Waals surface area contributed by atoms with Crippen LogP contribution in [0.5, 0.6) is 0 Å². The summed E-state index contributed by atoms with van der Waals surface area (Å²) in [4.78, 5) is 0. The second kappa shape index (κ2) is 5.55. The van der Waals surface area contributed by atoms with Crippen molar-refractivity contribution in [2.45, 2.75) is 51.7 Å². The average Bonchev–Trinajstić information content (AvgIpc) is 2.06. The van der Waals surface area contributed by atoms with Crippen LogP contribution in [0, 0.1) is 5.92 Å². The highest BCUT2D eigenvalue weighted by Gasteiger charge is 2.17. The lowest BCUT2D eigenvalue weighted by molar-refractivity contribution is -0.148. The van der Waals surface area contributed by atoms with Crippen molar-refractivity contribution in [1.29, 1.82) is 0 Å². The van der Waals surface area contributed by atoms with Crippen molar-refractivity contribution in [3.63, 3.8) is 0 Å². The zero-order chi connectivity index (χ0) is 8.81. The van der Waals surface area contributed by atoms with E-state index in [9.17, 15) is 5.11 Å². The van der Waals surface area contributed by atoms with Gasteiger partial charge in [-0.2, -0.15) is 0 Å². The van der Waals surface area contributed by atoms with E-state index in [0.29, 0.717) is 12.5 Å². The van der Waals surface area contributed by atoms with Crippen molar-refractivity contribution in [3.8, 4) is 0 Å². The molecular weight excluding hydrogens is 152 g/mol. The fraction of sp³-hybridized carbons (Fsp3) is 1.00. The summed E-state index contributed by atoms with van der Waals surface area (Å²) in [6, 6.07) is 0. The van der Waals surface area contributed by atoms with Crippen molar-refractivity contribution in [2.75, 3.05) is 6.61 Å². The number of ether oxygens (including phenoxy) is 1. The number of hydrogen-bond donors (Lipinski definition) is 0. The molecule has 1 atom stereocenters. The van der Waals surface area contributed by atoms with Crippen LogP contribution in [0.3, 0.4) is 0 Å². The Labute approximate surface area is 74.9 Å². The Morgan fingerprint density at radius 3 is 2.58 bits per heavy atom. The van der Waals surface area contributed by atoms with Crippen LogP contribution in [0.2, 0.25) is 0 Å². The lowest BCUT2D eigenvalue weighted by Gasteiger charge is -2.22. The van der Waals surface area contributed by atoms with Crippen LogP contribution in [0.1, 0.15) is 45.4 Å². The van der Waals surface area contributed by atoms with Crippen LogP contribution < -0.4 is 0 Å². The molecule has 12 heavy (non-hydrogen) atoms. The first-order chi connectivity index (χ1) is 5.83. The molecule has 0 N–H and O–H groups in total. The minimum Gasteiger partial charge on any atom is -0.350 e. The lowest BCUT2D eigenvalue weighted by atomic mass is 9.87. The lowest BCUT2D eigenvalue weighted by Crippen LogP contribution is -2.17. The fourth-order valence-corrected chi connectivity index (χ4v) is 1.95. The van der Waals surface area contributed by atoms with Gasteiger partial charge in [0.25, 0.3) is 0 Å². The summed E-state index contributed by atoms with van der Waals surface area (Å²) in [5, 5.41) is 11.2. The number of rotatable bonds is 4. The van der Waals surface area contributed by atoms with Crippen molar-refractivity contribution < 1.29 is 9.84 Å². The molecule has 1 saturated carbocycles. The molecule has 0 aromatic heterocycles. The molecule has 0 aromatic carbocycles. The largest absolute Gasteiger partial charge is 0.350 e. The maximum absolute atomic E-state index is 11.2. The molecule has 0 heterocycles. The van der Waals surface area contributed by atoms with E-state index in [-0.39, 0.29) is 0 Å². The van der Waals surface area contributed by atoms with Crippen molar-refractivity contribution >= 4 is 0 Å². The summed E-state index contributed by atoms with van der Waals surface area (Å²) >= 11 is 0. The van der Waals surface area contributed by atoms with Crippen molar-refractivity contribution in [1.82, 2.24) is 0 Å². The topological polar surface area (TPSA) is 29.1 Å². The van der Waals surface area contributed by atoms with E-state index in [1.165, 1.54) is 32.1 Å². The molecule has 1 fully saturated rings. The van der Waals surface area contributed by atoms with E-state index in [1.54, 1.807) is 0 Å². The van der Waals surface area contributed by atoms with Gasteiger partial charge < -0.3 is 4.74 Å². The summed E-state index contributed by atoms with van der Waals surface area (Å²) in [6.45, 7) is 2.44. The average molecular weight is 171 g/mol. The van der Waals surface area contributed by atoms with E-state index in [4.69, 9.17) is 4.74 Å². The first-order valence-electron chi connectivity index (χ1n) is 5.10. The molecule has 0 aromatic rings. The van der Waals surface area contributed by atoms with Gasteiger partial charge in [0.05, 0.1) is 0 Å². The van der Waals surface area contributed by atoms with Crippen LogP contribution in [0.25, 0.3) is 0 Å². The number of hydrogen-bond acceptors (Lipinski definition) is 1. The quantitative estimate of drug-likeness (QED) is 0.598. The Balaban J connectivity index is 2.11. The highest BCUT2D eigenvalue weighted by atomic mass is 16.6. The molecule has 0 amide bonds. The van der Waals surface area contributed by atoms with Gasteiger partial charge in [0, 0.05) is 13.0 Å². The smallest absolute Gasteiger partial charge is 0.191 e. The summed E-state index contributed by atoms with van der Waals surface area (Å²) in [7, 11) is 0. The van der Waals surface area contributed by atoms with Gasteiger partial charge in [0.1, 0.15) is 0 Å². The molecule has 1 unspecified atom stereocenters. The monoisotopic (exact) mass is 171 g/mol. The van der Waals surface area contributed by atoms with Gasteiger partial charge in [0.15, 0.2) is 6.29 Å². The molecule has 0 aliphatic heterocycles. The second-order valence-electron chi connectivity index (χ2n) is 3.62. The molecule has 1 aliphatic carbocycles. The third kappa shape index (κ3) is 3.55. The maximum atomic E-state index is 11.2. The predicted molar refractivity (Wildman–Crippen MR) is 47.3 cm³/mol. The summed E-state index contributed by atoms with van der Waals surface area (Å²) in [6.07, 6.45) is 6.42. The highest BCUT2D eigenvalue weighted by Crippen LogP contribution is 2.27. The van der Waals surface area contributed by atoms with Gasteiger partial charge in [-0.3, -0.25) is 0 Å². The van der Waals surface area contributed by atoms with E-state index < -0.39 is 6.29 Å². The van der Waals surface area contributed by atoms with Gasteiger partial charge in [-0.05, 0) is 12.8 Å². The fourth-order valence-electron chi connectivity index (χ4n) is 1.95. The van der Waals surface area contributed by atoms with Crippen LogP contribution in [-0.4, -0.2) is 12.9 Å². The van der Waals surface area contributed by atoms with Gasteiger partial charge in [-0.25, -0.2) is 5.11 Å². The Bertz CT molecular complexity index is 108. The molecule has 0 saturated heterocycles. The van der Waals surface area contributed by atoms with E-state index in [0.717, 1.165) is 6.42 Å². The standard InChI is InChI=1S/C10H19O2/c1-2-12-10(11)8-9-6-4-3-5-7-9/h9-10H,2-8H2,1H3. The first kappa shape index (κ1) is 10.0. The zero-order valence-corrected chi connectivity index (χ0v) is 7.92. The van der Waals surface area contributed by atoms with Gasteiger partial charge in [-0.15, -0.1) is 0 Å². The SMILES string of the molecule is CCOC([O])CC1CCCCC1.